The fourth-order valence-electron chi connectivity index (χ4n) is 1.42. The van der Waals surface area contributed by atoms with E-state index in [-0.39, 0.29) is 23.9 Å². The van der Waals surface area contributed by atoms with Gasteiger partial charge in [-0.3, -0.25) is 0 Å². The first-order valence-corrected chi connectivity index (χ1v) is 8.39. The van der Waals surface area contributed by atoms with Gasteiger partial charge in [-0.25, -0.2) is 26.9 Å². The lowest BCUT2D eigenvalue weighted by molar-refractivity contribution is 0.0199. The number of hydrogen-bond donors (Lipinski definition) is 2. The van der Waals surface area contributed by atoms with Crippen molar-refractivity contribution in [2.24, 2.45) is 0 Å². The van der Waals surface area contributed by atoms with Gasteiger partial charge in [0.05, 0.1) is 6.61 Å². The molecule has 0 aliphatic rings. The summed E-state index contributed by atoms with van der Waals surface area (Å²) in [5.74, 6) is 0.224. The normalized spacial score (nSPS) is 11.9. The molecule has 2 N–H and O–H groups in total. The molecule has 1 heterocycles. The van der Waals surface area contributed by atoms with Gasteiger partial charge in [0, 0.05) is 23.8 Å². The molecule has 10 heteroatoms. The van der Waals surface area contributed by atoms with E-state index in [2.05, 4.69) is 35.7 Å². The molecule has 0 aromatic carbocycles. The molecule has 21 heavy (non-hydrogen) atoms. The minimum absolute atomic E-state index is 0.0208. The van der Waals surface area contributed by atoms with Gasteiger partial charge in [0.25, 0.3) is 6.43 Å². The second kappa shape index (κ2) is 8.57. The van der Waals surface area contributed by atoms with E-state index < -0.39 is 23.1 Å². The number of nitrogens with one attached hydrogen (secondary N) is 2. The zero-order valence-corrected chi connectivity index (χ0v) is 13.7. The number of ether oxygens (including phenoxy) is 1. The van der Waals surface area contributed by atoms with Crippen molar-refractivity contribution < 1.29 is 21.9 Å². The minimum atomic E-state index is -3.81. The largest absolute Gasteiger partial charge is 0.374 e. The van der Waals surface area contributed by atoms with Crippen molar-refractivity contribution in [2.45, 2.75) is 18.2 Å². The van der Waals surface area contributed by atoms with E-state index in [0.717, 1.165) is 0 Å². The molecule has 0 atom stereocenters. The number of alkyl halides is 2. The van der Waals surface area contributed by atoms with Crippen LogP contribution in [-0.2, 0) is 14.8 Å². The summed E-state index contributed by atoms with van der Waals surface area (Å²) in [4.78, 5) is 3.97. The van der Waals surface area contributed by atoms with Crippen molar-refractivity contribution in [1.82, 2.24) is 9.71 Å². The topological polar surface area (TPSA) is 80.3 Å². The van der Waals surface area contributed by atoms with Crippen LogP contribution in [0.15, 0.2) is 21.6 Å². The van der Waals surface area contributed by atoms with Crippen LogP contribution >= 0.6 is 15.9 Å². The van der Waals surface area contributed by atoms with Crippen LogP contribution in [0.5, 0.6) is 0 Å². The van der Waals surface area contributed by atoms with Crippen molar-refractivity contribution in [3.8, 4) is 0 Å². The van der Waals surface area contributed by atoms with Gasteiger partial charge in [0.1, 0.15) is 17.3 Å². The van der Waals surface area contributed by atoms with Gasteiger partial charge in [-0.15, -0.1) is 0 Å². The number of aromatic nitrogens is 1. The Morgan fingerprint density at radius 3 is 2.81 bits per heavy atom. The Hall–Kier alpha value is -0.840. The zero-order chi connectivity index (χ0) is 15.9. The smallest absolute Gasteiger partial charge is 0.261 e. The van der Waals surface area contributed by atoms with Crippen molar-refractivity contribution in [3.63, 3.8) is 0 Å². The quantitative estimate of drug-likeness (QED) is 0.631. The Labute approximate surface area is 130 Å². The molecule has 0 aliphatic heterocycles. The van der Waals surface area contributed by atoms with E-state index in [1.807, 2.05) is 6.92 Å². The highest BCUT2D eigenvalue weighted by Crippen LogP contribution is 2.22. The molecule has 1 rings (SSSR count). The summed E-state index contributed by atoms with van der Waals surface area (Å²) >= 11 is 3.16. The van der Waals surface area contributed by atoms with E-state index >= 15 is 0 Å². The van der Waals surface area contributed by atoms with Crippen LogP contribution in [0.1, 0.15) is 6.92 Å². The number of pyridine rings is 1. The van der Waals surface area contributed by atoms with Crippen molar-refractivity contribution >= 4 is 31.8 Å². The zero-order valence-electron chi connectivity index (χ0n) is 11.3. The Kier molecular flexibility index (Phi) is 7.43. The lowest BCUT2D eigenvalue weighted by Crippen LogP contribution is -2.29. The SMILES string of the molecule is CCNc1ncc(Br)cc1S(=O)(=O)NCCOCC(F)F. The maximum Gasteiger partial charge on any atom is 0.261 e. The number of halogens is 3. The second-order valence-corrected chi connectivity index (χ2v) is 6.55. The third-order valence-corrected chi connectivity index (χ3v) is 4.14. The van der Waals surface area contributed by atoms with Crippen molar-refractivity contribution in [1.29, 1.82) is 0 Å². The van der Waals surface area contributed by atoms with E-state index in [0.29, 0.717) is 11.0 Å². The summed E-state index contributed by atoms with van der Waals surface area (Å²) in [6, 6.07) is 1.41. The summed E-state index contributed by atoms with van der Waals surface area (Å²) in [6.45, 7) is 1.36. The number of anilines is 1. The molecule has 0 radical (unpaired) electrons. The summed E-state index contributed by atoms with van der Waals surface area (Å²) in [5, 5.41) is 2.84. The molecule has 1 aromatic rings. The van der Waals surface area contributed by atoms with Gasteiger partial charge in [-0.1, -0.05) is 0 Å². The van der Waals surface area contributed by atoms with Gasteiger partial charge < -0.3 is 10.1 Å². The molecule has 0 saturated heterocycles. The van der Waals surface area contributed by atoms with Gasteiger partial charge in [0.15, 0.2) is 0 Å². The van der Waals surface area contributed by atoms with Crippen LogP contribution in [0, 0.1) is 0 Å². The maximum absolute atomic E-state index is 12.2. The first-order valence-electron chi connectivity index (χ1n) is 6.11. The minimum Gasteiger partial charge on any atom is -0.374 e. The van der Waals surface area contributed by atoms with Crippen LogP contribution in [-0.4, -0.2) is 46.1 Å². The molecule has 6 nitrogen and oxygen atoms in total. The molecule has 0 amide bonds. The van der Waals surface area contributed by atoms with Gasteiger partial charge in [0.2, 0.25) is 10.0 Å². The van der Waals surface area contributed by atoms with E-state index in [9.17, 15) is 17.2 Å². The Morgan fingerprint density at radius 2 is 2.19 bits per heavy atom. The van der Waals surface area contributed by atoms with E-state index in [4.69, 9.17) is 0 Å². The fraction of sp³-hybridized carbons (Fsp3) is 0.545. The summed E-state index contributed by atoms with van der Waals surface area (Å²) in [6.07, 6.45) is -1.10. The monoisotopic (exact) mass is 387 g/mol. The summed E-state index contributed by atoms with van der Waals surface area (Å²) in [5.41, 5.74) is 0. The predicted octanol–water partition coefficient (Wildman–Crippen LogP) is 1.84. The standard InChI is InChI=1S/C11H16BrF2N3O3S/c1-2-15-11-9(5-8(12)6-16-11)21(18,19)17-3-4-20-7-10(13)14/h5-6,10,17H,2-4,7H2,1H3,(H,15,16). The number of rotatable bonds is 9. The highest BCUT2D eigenvalue weighted by atomic mass is 79.9. The molecule has 0 unspecified atom stereocenters. The Balaban J connectivity index is 2.71. The van der Waals surface area contributed by atoms with Crippen molar-refractivity contribution in [3.05, 3.63) is 16.7 Å². The average molecular weight is 388 g/mol. The number of hydrogen-bond acceptors (Lipinski definition) is 5. The second-order valence-electron chi connectivity index (χ2n) is 3.89. The van der Waals surface area contributed by atoms with Crippen LogP contribution < -0.4 is 10.0 Å². The van der Waals surface area contributed by atoms with Crippen LogP contribution in [0.3, 0.4) is 0 Å². The van der Waals surface area contributed by atoms with Gasteiger partial charge in [-0.2, -0.15) is 0 Å². The molecule has 0 fully saturated rings. The third kappa shape index (κ3) is 6.20. The Bertz CT molecular complexity index is 558. The fourth-order valence-corrected chi connectivity index (χ4v) is 3.08. The van der Waals surface area contributed by atoms with Gasteiger partial charge in [-0.05, 0) is 28.9 Å². The highest BCUT2D eigenvalue weighted by molar-refractivity contribution is 9.10. The van der Waals surface area contributed by atoms with Crippen LogP contribution in [0.4, 0.5) is 14.6 Å². The van der Waals surface area contributed by atoms with Gasteiger partial charge >= 0.3 is 0 Å². The molecule has 1 aromatic heterocycles. The molecule has 0 spiro atoms. The predicted molar refractivity (Wildman–Crippen MR) is 78.1 cm³/mol. The van der Waals surface area contributed by atoms with Crippen LogP contribution in [0.2, 0.25) is 0 Å². The molecular formula is C11H16BrF2N3O3S. The maximum atomic E-state index is 12.2. The molecular weight excluding hydrogens is 372 g/mol. The van der Waals surface area contributed by atoms with E-state index in [1.165, 1.54) is 12.3 Å². The first kappa shape index (κ1) is 18.2. The Morgan fingerprint density at radius 1 is 1.48 bits per heavy atom. The first-order chi connectivity index (χ1) is 9.86. The van der Waals surface area contributed by atoms with Crippen LogP contribution in [0.25, 0.3) is 0 Å². The summed E-state index contributed by atoms with van der Waals surface area (Å²) in [7, 11) is -3.81. The average Bonchev–Trinajstić information content (AvgIpc) is 2.40. The third-order valence-electron chi connectivity index (χ3n) is 2.24. The molecule has 0 saturated carbocycles. The molecule has 0 bridgehead atoms. The number of sulfonamides is 1. The lowest BCUT2D eigenvalue weighted by Gasteiger charge is -2.12. The number of nitrogens with zero attached hydrogens (tertiary/aromatic N) is 1. The van der Waals surface area contributed by atoms with E-state index in [1.54, 1.807) is 0 Å². The lowest BCUT2D eigenvalue weighted by atomic mass is 10.4. The highest BCUT2D eigenvalue weighted by Gasteiger charge is 2.19. The van der Waals surface area contributed by atoms with Crippen molar-refractivity contribution in [2.75, 3.05) is 31.6 Å². The molecule has 120 valence electrons. The molecule has 0 aliphatic carbocycles. The summed E-state index contributed by atoms with van der Waals surface area (Å²) < 4.78 is 55.4.